The Morgan fingerprint density at radius 3 is 1.97 bits per heavy atom. The van der Waals surface area contributed by atoms with E-state index in [9.17, 15) is 17.6 Å². The van der Waals surface area contributed by atoms with Gasteiger partial charge in [0.1, 0.15) is 23.1 Å². The van der Waals surface area contributed by atoms with E-state index < -0.39 is 29.0 Å². The summed E-state index contributed by atoms with van der Waals surface area (Å²) in [4.78, 5) is 3.37. The Bertz CT molecular complexity index is 1160. The molecule has 0 N–H and O–H groups in total. The standard InChI is InChI=1S/C23H13F4NOS/c1-2-29-17-11-19(24)18(20(25)12-17)8-5-14-3-6-15(7-4-14)16-9-21(26)23(28-13-30)22(27)10-16/h3-4,6-7,9-12H,2H2,1H3. The molecule has 7 heteroatoms. The van der Waals surface area contributed by atoms with Crippen molar-refractivity contribution in [1.29, 1.82) is 0 Å². The lowest BCUT2D eigenvalue weighted by molar-refractivity contribution is 0.335. The van der Waals surface area contributed by atoms with Gasteiger partial charge < -0.3 is 4.74 Å². The van der Waals surface area contributed by atoms with Crippen molar-refractivity contribution in [3.05, 3.63) is 82.9 Å². The molecule has 3 aromatic rings. The first kappa shape index (κ1) is 21.3. The molecule has 0 aliphatic carbocycles. The number of benzene rings is 3. The van der Waals surface area contributed by atoms with Gasteiger partial charge in [-0.2, -0.15) is 4.99 Å². The molecule has 150 valence electrons. The van der Waals surface area contributed by atoms with Crippen LogP contribution in [0.15, 0.2) is 53.5 Å². The molecule has 0 unspecified atom stereocenters. The summed E-state index contributed by atoms with van der Waals surface area (Å²) in [5.41, 5.74) is 0.400. The summed E-state index contributed by atoms with van der Waals surface area (Å²) in [6.07, 6.45) is 0. The van der Waals surface area contributed by atoms with Crippen molar-refractivity contribution in [2.45, 2.75) is 6.92 Å². The average Bonchev–Trinajstić information content (AvgIpc) is 2.70. The predicted octanol–water partition coefficient (Wildman–Crippen LogP) is 6.44. The van der Waals surface area contributed by atoms with Crippen LogP contribution in [0.1, 0.15) is 18.1 Å². The summed E-state index contributed by atoms with van der Waals surface area (Å²) in [6.45, 7) is 1.99. The first-order chi connectivity index (χ1) is 14.4. The molecule has 0 fully saturated rings. The monoisotopic (exact) mass is 427 g/mol. The first-order valence-corrected chi connectivity index (χ1v) is 9.15. The van der Waals surface area contributed by atoms with E-state index in [1.807, 2.05) is 5.16 Å². The molecule has 3 rings (SSSR count). The highest BCUT2D eigenvalue weighted by molar-refractivity contribution is 7.78. The fourth-order valence-electron chi connectivity index (χ4n) is 2.68. The van der Waals surface area contributed by atoms with Gasteiger partial charge in [0.2, 0.25) is 0 Å². The van der Waals surface area contributed by atoms with E-state index >= 15 is 0 Å². The summed E-state index contributed by atoms with van der Waals surface area (Å²) < 4.78 is 61.2. The molecule has 3 aromatic carbocycles. The Balaban J connectivity index is 1.87. The quantitative estimate of drug-likeness (QED) is 0.207. The molecule has 30 heavy (non-hydrogen) atoms. The third-order valence-corrected chi connectivity index (χ3v) is 4.14. The fourth-order valence-corrected chi connectivity index (χ4v) is 2.78. The van der Waals surface area contributed by atoms with Crippen molar-refractivity contribution < 1.29 is 22.3 Å². The molecule has 2 nitrogen and oxygen atoms in total. The summed E-state index contributed by atoms with van der Waals surface area (Å²) in [7, 11) is 0. The van der Waals surface area contributed by atoms with Gasteiger partial charge in [-0.25, -0.2) is 17.6 Å². The zero-order valence-corrected chi connectivity index (χ0v) is 16.4. The molecule has 0 radical (unpaired) electrons. The van der Waals surface area contributed by atoms with E-state index in [0.29, 0.717) is 11.1 Å². The maximum atomic E-state index is 14.1. The molecular weight excluding hydrogens is 414 g/mol. The summed E-state index contributed by atoms with van der Waals surface area (Å²) in [6, 6.07) is 10.7. The number of thiocarbonyl (C=S) groups is 1. The summed E-state index contributed by atoms with van der Waals surface area (Å²) in [5, 5.41) is 1.93. The Morgan fingerprint density at radius 2 is 1.43 bits per heavy atom. The van der Waals surface area contributed by atoms with Gasteiger partial charge in [-0.1, -0.05) is 24.0 Å². The summed E-state index contributed by atoms with van der Waals surface area (Å²) >= 11 is 4.37. The lowest BCUT2D eigenvalue weighted by atomic mass is 10.0. The number of hydrogen-bond acceptors (Lipinski definition) is 3. The highest BCUT2D eigenvalue weighted by Crippen LogP contribution is 2.29. The van der Waals surface area contributed by atoms with E-state index in [2.05, 4.69) is 29.1 Å². The van der Waals surface area contributed by atoms with E-state index in [1.54, 1.807) is 31.2 Å². The second-order valence-corrected chi connectivity index (χ2v) is 6.20. The Labute approximate surface area is 175 Å². The summed E-state index contributed by atoms with van der Waals surface area (Å²) in [5.74, 6) is 1.83. The maximum Gasteiger partial charge on any atom is 0.153 e. The predicted molar refractivity (Wildman–Crippen MR) is 110 cm³/mol. The van der Waals surface area contributed by atoms with Crippen LogP contribution < -0.4 is 4.74 Å². The van der Waals surface area contributed by atoms with Gasteiger partial charge >= 0.3 is 0 Å². The smallest absolute Gasteiger partial charge is 0.153 e. The Morgan fingerprint density at radius 1 is 0.833 bits per heavy atom. The number of rotatable bonds is 4. The van der Waals surface area contributed by atoms with Crippen molar-refractivity contribution in [2.75, 3.05) is 6.61 Å². The number of isothiocyanates is 1. The van der Waals surface area contributed by atoms with Crippen LogP contribution in [0.5, 0.6) is 5.75 Å². The maximum absolute atomic E-state index is 14.1. The van der Waals surface area contributed by atoms with E-state index in [1.165, 1.54) is 0 Å². The molecule has 0 saturated heterocycles. The number of halogens is 4. The molecule has 0 aliphatic heterocycles. The van der Waals surface area contributed by atoms with Crippen LogP contribution in [0, 0.1) is 35.1 Å². The number of nitrogens with zero attached hydrogens (tertiary/aromatic N) is 1. The van der Waals surface area contributed by atoms with Gasteiger partial charge in [0.05, 0.1) is 17.3 Å². The van der Waals surface area contributed by atoms with Crippen molar-refractivity contribution in [1.82, 2.24) is 0 Å². The molecule has 0 amide bonds. The van der Waals surface area contributed by atoms with Crippen LogP contribution in [0.3, 0.4) is 0 Å². The van der Waals surface area contributed by atoms with Crippen molar-refractivity contribution >= 4 is 23.1 Å². The van der Waals surface area contributed by atoms with Gasteiger partial charge in [-0.3, -0.25) is 0 Å². The van der Waals surface area contributed by atoms with Gasteiger partial charge in [0, 0.05) is 17.7 Å². The van der Waals surface area contributed by atoms with Crippen LogP contribution in [-0.2, 0) is 0 Å². The van der Waals surface area contributed by atoms with Gasteiger partial charge in [-0.05, 0) is 54.5 Å². The van der Waals surface area contributed by atoms with Crippen LogP contribution in [0.4, 0.5) is 23.2 Å². The lowest BCUT2D eigenvalue weighted by Gasteiger charge is -2.05. The van der Waals surface area contributed by atoms with Gasteiger partial charge in [0.15, 0.2) is 11.6 Å². The van der Waals surface area contributed by atoms with E-state index in [4.69, 9.17) is 4.74 Å². The highest BCUT2D eigenvalue weighted by Gasteiger charge is 2.12. The second kappa shape index (κ2) is 9.36. The van der Waals surface area contributed by atoms with Crippen molar-refractivity contribution in [2.24, 2.45) is 4.99 Å². The van der Waals surface area contributed by atoms with Crippen LogP contribution in [0.25, 0.3) is 11.1 Å². The fraction of sp³-hybridized carbons (Fsp3) is 0.0870. The molecule has 0 heterocycles. The van der Waals surface area contributed by atoms with Crippen LogP contribution in [0.2, 0.25) is 0 Å². The molecule has 0 atom stereocenters. The third kappa shape index (κ3) is 4.74. The Hall–Kier alpha value is -3.46. The lowest BCUT2D eigenvalue weighted by Crippen LogP contribution is -1.96. The minimum absolute atomic E-state index is 0.0872. The van der Waals surface area contributed by atoms with Crippen LogP contribution in [-0.4, -0.2) is 11.8 Å². The molecule has 0 saturated carbocycles. The molecule has 0 spiro atoms. The second-order valence-electron chi connectivity index (χ2n) is 6.01. The number of aliphatic imine (C=N–C) groups is 1. The number of ether oxygens (including phenoxy) is 1. The zero-order valence-electron chi connectivity index (χ0n) is 15.6. The normalized spacial score (nSPS) is 10.0. The zero-order chi connectivity index (χ0) is 21.7. The van der Waals surface area contributed by atoms with Crippen molar-refractivity contribution in [3.8, 4) is 28.7 Å². The Kier molecular flexibility index (Phi) is 6.63. The minimum atomic E-state index is -0.868. The largest absolute Gasteiger partial charge is 0.494 e. The molecular formula is C23H13F4NOS. The topological polar surface area (TPSA) is 21.6 Å². The van der Waals surface area contributed by atoms with Crippen LogP contribution >= 0.6 is 12.2 Å². The third-order valence-electron chi connectivity index (χ3n) is 4.05. The molecule has 0 aliphatic rings. The van der Waals surface area contributed by atoms with E-state index in [-0.39, 0.29) is 23.5 Å². The van der Waals surface area contributed by atoms with Gasteiger partial charge in [-0.15, -0.1) is 0 Å². The SMILES string of the molecule is CCOc1cc(F)c(C#Cc2ccc(-c3cc(F)c(N=C=S)c(F)c3)cc2)c(F)c1. The van der Waals surface area contributed by atoms with E-state index in [0.717, 1.165) is 24.3 Å². The number of hydrogen-bond donors (Lipinski definition) is 0. The molecule has 0 aromatic heterocycles. The van der Waals surface area contributed by atoms with Gasteiger partial charge in [0.25, 0.3) is 0 Å². The van der Waals surface area contributed by atoms with Crippen molar-refractivity contribution in [3.63, 3.8) is 0 Å². The average molecular weight is 427 g/mol. The molecule has 0 bridgehead atoms. The minimum Gasteiger partial charge on any atom is -0.494 e. The first-order valence-electron chi connectivity index (χ1n) is 8.74. The highest BCUT2D eigenvalue weighted by atomic mass is 32.1.